The fourth-order valence-corrected chi connectivity index (χ4v) is 0.861. The molecule has 1 amide bonds. The van der Waals surface area contributed by atoms with Gasteiger partial charge in [-0.25, -0.2) is 4.99 Å². The Morgan fingerprint density at radius 1 is 2.00 bits per heavy atom. The molecule has 1 atom stereocenters. The number of carbonyl (C=O) groups excluding carboxylic acids is 1. The quantitative estimate of drug-likeness (QED) is 0.464. The molecule has 0 aliphatic carbocycles. The van der Waals surface area contributed by atoms with Crippen LogP contribution in [0.2, 0.25) is 0 Å². The van der Waals surface area contributed by atoms with E-state index in [0.29, 0.717) is 0 Å². The first kappa shape index (κ1) is 4.84. The van der Waals surface area contributed by atoms with E-state index < -0.39 is 0 Å². The normalized spacial score (nSPS) is 29.3. The Morgan fingerprint density at radius 2 is 2.71 bits per heavy atom. The second-order valence-corrected chi connectivity index (χ2v) is 2.54. The second kappa shape index (κ2) is 1.66. The van der Waals surface area contributed by atoms with E-state index in [1.807, 2.05) is 6.92 Å². The van der Waals surface area contributed by atoms with Crippen LogP contribution in [-0.2, 0) is 4.79 Å². The Morgan fingerprint density at radius 3 is 2.86 bits per heavy atom. The number of aliphatic imine (C=N–C) groups is 1. The Kier molecular flexibility index (Phi) is 1.15. The van der Waals surface area contributed by atoms with Crippen molar-refractivity contribution in [1.82, 2.24) is 0 Å². The van der Waals surface area contributed by atoms with Gasteiger partial charge in [0.25, 0.3) is 5.91 Å². The average Bonchev–Trinajstić information content (AvgIpc) is 1.91. The molecule has 0 fully saturated rings. The maximum Gasteiger partial charge on any atom is 0.259 e. The summed E-state index contributed by atoms with van der Waals surface area (Å²) in [4.78, 5) is 13.9. The van der Waals surface area contributed by atoms with Crippen molar-refractivity contribution in [2.24, 2.45) is 4.99 Å². The lowest BCUT2D eigenvalue weighted by Gasteiger charge is -1.88. The summed E-state index contributed by atoms with van der Waals surface area (Å²) in [5.74, 6) is -0.00926. The van der Waals surface area contributed by atoms with Crippen LogP contribution in [0.3, 0.4) is 0 Å². The van der Waals surface area contributed by atoms with Crippen LogP contribution < -0.4 is 0 Å². The number of carbonyl (C=O) groups is 1. The SMILES string of the molecule is CC1SC=NC1=O. The van der Waals surface area contributed by atoms with Gasteiger partial charge in [-0.15, -0.1) is 11.8 Å². The van der Waals surface area contributed by atoms with E-state index in [9.17, 15) is 4.79 Å². The van der Waals surface area contributed by atoms with Gasteiger partial charge >= 0.3 is 0 Å². The first-order chi connectivity index (χ1) is 3.30. The maximum atomic E-state index is 10.4. The molecule has 0 N–H and O–H groups in total. The van der Waals surface area contributed by atoms with Gasteiger partial charge in [0.05, 0.1) is 10.8 Å². The van der Waals surface area contributed by atoms with Crippen molar-refractivity contribution in [3.05, 3.63) is 0 Å². The minimum atomic E-state index is -0.00926. The highest BCUT2D eigenvalue weighted by atomic mass is 32.2. The van der Waals surface area contributed by atoms with Crippen molar-refractivity contribution in [2.75, 3.05) is 0 Å². The highest BCUT2D eigenvalue weighted by Gasteiger charge is 2.14. The lowest BCUT2D eigenvalue weighted by Crippen LogP contribution is -2.02. The Hall–Kier alpha value is -0.310. The maximum absolute atomic E-state index is 10.4. The summed E-state index contributed by atoms with van der Waals surface area (Å²) in [6.45, 7) is 1.85. The zero-order valence-corrected chi connectivity index (χ0v) is 4.73. The first-order valence-electron chi connectivity index (χ1n) is 2.02. The van der Waals surface area contributed by atoms with Gasteiger partial charge in [0.2, 0.25) is 0 Å². The summed E-state index contributed by atoms with van der Waals surface area (Å²) in [5.41, 5.74) is 1.59. The number of thioether (sulfide) groups is 1. The van der Waals surface area contributed by atoms with Gasteiger partial charge in [0, 0.05) is 0 Å². The molecule has 0 aromatic carbocycles. The predicted molar refractivity (Wildman–Crippen MR) is 30.6 cm³/mol. The third kappa shape index (κ3) is 0.825. The molecule has 0 saturated heterocycles. The fraction of sp³-hybridized carbons (Fsp3) is 0.500. The van der Waals surface area contributed by atoms with Crippen LogP contribution in [0.25, 0.3) is 0 Å². The van der Waals surface area contributed by atoms with E-state index in [0.717, 1.165) is 0 Å². The number of amides is 1. The molecule has 0 saturated carbocycles. The van der Waals surface area contributed by atoms with Crippen LogP contribution in [0.1, 0.15) is 6.92 Å². The Bertz CT molecular complexity index is 121. The lowest BCUT2D eigenvalue weighted by molar-refractivity contribution is -0.116. The molecule has 0 aromatic rings. The minimum absolute atomic E-state index is 0.00926. The number of nitrogens with zero attached hydrogens (tertiary/aromatic N) is 1. The van der Waals surface area contributed by atoms with Gasteiger partial charge in [-0.1, -0.05) is 0 Å². The minimum Gasteiger partial charge on any atom is -0.271 e. The van der Waals surface area contributed by atoms with Gasteiger partial charge in [0.1, 0.15) is 0 Å². The molecule has 2 nitrogen and oxygen atoms in total. The summed E-state index contributed by atoms with van der Waals surface area (Å²) < 4.78 is 0. The zero-order chi connectivity index (χ0) is 5.28. The van der Waals surface area contributed by atoms with Crippen LogP contribution in [0.5, 0.6) is 0 Å². The topological polar surface area (TPSA) is 29.4 Å². The Balaban J connectivity index is 2.62. The van der Waals surface area contributed by atoms with Crippen LogP contribution in [-0.4, -0.2) is 16.7 Å². The van der Waals surface area contributed by atoms with E-state index in [1.165, 1.54) is 11.8 Å². The van der Waals surface area contributed by atoms with Gasteiger partial charge in [0.15, 0.2) is 0 Å². The fourth-order valence-electron chi connectivity index (χ4n) is 0.337. The van der Waals surface area contributed by atoms with Crippen LogP contribution in [0.4, 0.5) is 0 Å². The monoisotopic (exact) mass is 115 g/mol. The summed E-state index contributed by atoms with van der Waals surface area (Å²) >= 11 is 1.46. The second-order valence-electron chi connectivity index (χ2n) is 1.35. The van der Waals surface area contributed by atoms with Gasteiger partial charge in [-0.2, -0.15) is 0 Å². The predicted octanol–water partition coefficient (Wildman–Crippen LogP) is 0.677. The highest BCUT2D eigenvalue weighted by Crippen LogP contribution is 2.14. The first-order valence-corrected chi connectivity index (χ1v) is 2.97. The molecule has 0 radical (unpaired) electrons. The van der Waals surface area contributed by atoms with Crippen molar-refractivity contribution in [3.63, 3.8) is 0 Å². The molecule has 1 unspecified atom stereocenters. The van der Waals surface area contributed by atoms with Gasteiger partial charge in [-0.05, 0) is 6.92 Å². The third-order valence-electron chi connectivity index (χ3n) is 0.793. The van der Waals surface area contributed by atoms with E-state index >= 15 is 0 Å². The molecule has 3 heteroatoms. The van der Waals surface area contributed by atoms with Crippen LogP contribution >= 0.6 is 11.8 Å². The molecular weight excluding hydrogens is 110 g/mol. The largest absolute Gasteiger partial charge is 0.271 e. The molecule has 38 valence electrons. The molecule has 0 spiro atoms. The summed E-state index contributed by atoms with van der Waals surface area (Å²) in [5, 5.41) is 0.0694. The standard InChI is InChI=1S/C4H5NOS/c1-3-4(6)5-2-7-3/h2-3H,1H3. The van der Waals surface area contributed by atoms with Crippen molar-refractivity contribution < 1.29 is 4.79 Å². The molecule has 1 rings (SSSR count). The third-order valence-corrected chi connectivity index (χ3v) is 1.63. The van der Waals surface area contributed by atoms with Gasteiger partial charge in [-0.3, -0.25) is 4.79 Å². The molecule has 7 heavy (non-hydrogen) atoms. The van der Waals surface area contributed by atoms with Crippen LogP contribution in [0.15, 0.2) is 4.99 Å². The number of rotatable bonds is 0. The lowest BCUT2D eigenvalue weighted by atomic mass is 10.5. The summed E-state index contributed by atoms with van der Waals surface area (Å²) in [7, 11) is 0. The highest BCUT2D eigenvalue weighted by molar-refractivity contribution is 8.13. The van der Waals surface area contributed by atoms with E-state index in [1.54, 1.807) is 5.55 Å². The summed E-state index contributed by atoms with van der Waals surface area (Å²) in [6.07, 6.45) is 0. The zero-order valence-electron chi connectivity index (χ0n) is 3.92. The Labute approximate surface area is 46.0 Å². The van der Waals surface area contributed by atoms with Gasteiger partial charge < -0.3 is 0 Å². The molecule has 1 heterocycles. The molecule has 0 bridgehead atoms. The average molecular weight is 115 g/mol. The van der Waals surface area contributed by atoms with E-state index in [-0.39, 0.29) is 11.2 Å². The number of hydrogen-bond donors (Lipinski definition) is 0. The summed E-state index contributed by atoms with van der Waals surface area (Å²) in [6, 6.07) is 0. The van der Waals surface area contributed by atoms with Crippen molar-refractivity contribution in [2.45, 2.75) is 12.2 Å². The molecule has 1 aliphatic rings. The van der Waals surface area contributed by atoms with Crippen molar-refractivity contribution in [3.8, 4) is 0 Å². The van der Waals surface area contributed by atoms with Crippen molar-refractivity contribution >= 4 is 23.2 Å². The molecular formula is C4H5NOS. The van der Waals surface area contributed by atoms with E-state index in [2.05, 4.69) is 4.99 Å². The number of hydrogen-bond acceptors (Lipinski definition) is 2. The van der Waals surface area contributed by atoms with Crippen LogP contribution in [0, 0.1) is 0 Å². The molecule has 1 aliphatic heterocycles. The molecule has 0 aromatic heterocycles. The van der Waals surface area contributed by atoms with E-state index in [4.69, 9.17) is 0 Å². The van der Waals surface area contributed by atoms with Crippen molar-refractivity contribution in [1.29, 1.82) is 0 Å². The smallest absolute Gasteiger partial charge is 0.259 e.